The molecule has 1 aliphatic heterocycles. The molecule has 3 rings (SSSR count). The van der Waals surface area contributed by atoms with Crippen LogP contribution in [0.4, 0.5) is 0 Å². The van der Waals surface area contributed by atoms with Crippen molar-refractivity contribution in [1.82, 2.24) is 0 Å². The maximum atomic E-state index is 11.9. The van der Waals surface area contributed by atoms with Crippen molar-refractivity contribution in [3.8, 4) is 0 Å². The van der Waals surface area contributed by atoms with Gasteiger partial charge < -0.3 is 4.74 Å². The summed E-state index contributed by atoms with van der Waals surface area (Å²) in [6.45, 7) is 0. The van der Waals surface area contributed by atoms with Gasteiger partial charge in [0.25, 0.3) is 0 Å². The highest BCUT2D eigenvalue weighted by molar-refractivity contribution is 8.00. The number of fused-ring (bicyclic) bond motifs is 1. The largest absolute Gasteiger partial charge is 0.461 e. The molecule has 3 atom stereocenters. The Morgan fingerprint density at radius 1 is 1.12 bits per heavy atom. The number of hydrogen-bond donors (Lipinski definition) is 0. The Bertz CT molecular complexity index is 441. The highest BCUT2D eigenvalue weighted by Crippen LogP contribution is 2.41. The van der Waals surface area contributed by atoms with E-state index < -0.39 is 0 Å². The molecular formula is C14H14O2S. The number of rotatable bonds is 2. The fourth-order valence-corrected chi connectivity index (χ4v) is 3.66. The average Bonchev–Trinajstić information content (AvgIpc) is 2.68. The molecule has 0 amide bonds. The van der Waals surface area contributed by atoms with Crippen molar-refractivity contribution in [2.24, 2.45) is 5.92 Å². The summed E-state index contributed by atoms with van der Waals surface area (Å²) in [6.07, 6.45) is 6.23. The zero-order valence-corrected chi connectivity index (χ0v) is 10.2. The number of thioether (sulfide) groups is 1. The molecule has 1 aromatic rings. The zero-order chi connectivity index (χ0) is 11.7. The minimum absolute atomic E-state index is 0.0349. The number of hydrogen-bond acceptors (Lipinski definition) is 3. The Labute approximate surface area is 105 Å². The van der Waals surface area contributed by atoms with Crippen LogP contribution in [0.2, 0.25) is 0 Å². The molecular weight excluding hydrogens is 232 g/mol. The van der Waals surface area contributed by atoms with E-state index >= 15 is 0 Å². The van der Waals surface area contributed by atoms with Crippen LogP contribution in [0.25, 0.3) is 0 Å². The first-order valence-electron chi connectivity index (χ1n) is 5.92. The Morgan fingerprint density at radius 3 is 2.71 bits per heavy atom. The summed E-state index contributed by atoms with van der Waals surface area (Å²) < 4.78 is 5.44. The molecule has 1 aromatic carbocycles. The summed E-state index contributed by atoms with van der Waals surface area (Å²) in [5.74, 6) is 0.301. The van der Waals surface area contributed by atoms with Crippen molar-refractivity contribution in [3.05, 3.63) is 42.5 Å². The van der Waals surface area contributed by atoms with Gasteiger partial charge in [0.1, 0.15) is 11.4 Å². The van der Waals surface area contributed by atoms with E-state index in [1.54, 1.807) is 11.8 Å². The molecule has 0 radical (unpaired) electrons. The second-order valence-electron chi connectivity index (χ2n) is 4.43. The summed E-state index contributed by atoms with van der Waals surface area (Å²) in [6, 6.07) is 10.1. The van der Waals surface area contributed by atoms with Crippen LogP contribution in [-0.4, -0.2) is 17.3 Å². The predicted octanol–water partition coefficient (Wildman–Crippen LogP) is 3.04. The van der Waals surface area contributed by atoms with Gasteiger partial charge in [0.2, 0.25) is 0 Å². The fourth-order valence-electron chi connectivity index (χ4n) is 2.44. The lowest BCUT2D eigenvalue weighted by atomic mass is 9.90. The van der Waals surface area contributed by atoms with Crippen molar-refractivity contribution in [1.29, 1.82) is 0 Å². The van der Waals surface area contributed by atoms with Crippen LogP contribution in [0.3, 0.4) is 0 Å². The van der Waals surface area contributed by atoms with Gasteiger partial charge in [-0.15, -0.1) is 11.8 Å². The topological polar surface area (TPSA) is 26.3 Å². The van der Waals surface area contributed by atoms with Crippen LogP contribution < -0.4 is 0 Å². The van der Waals surface area contributed by atoms with Crippen LogP contribution in [0.1, 0.15) is 12.8 Å². The minimum atomic E-state index is -0.0439. The zero-order valence-electron chi connectivity index (χ0n) is 9.41. The molecule has 1 fully saturated rings. The molecule has 0 unspecified atom stereocenters. The Balaban J connectivity index is 1.78. The monoisotopic (exact) mass is 246 g/mol. The van der Waals surface area contributed by atoms with E-state index in [1.165, 1.54) is 0 Å². The number of benzene rings is 1. The van der Waals surface area contributed by atoms with E-state index in [9.17, 15) is 4.79 Å². The molecule has 3 heteroatoms. The van der Waals surface area contributed by atoms with E-state index in [1.807, 2.05) is 30.3 Å². The van der Waals surface area contributed by atoms with Gasteiger partial charge >= 0.3 is 5.97 Å². The molecule has 2 nitrogen and oxygen atoms in total. The van der Waals surface area contributed by atoms with E-state index in [2.05, 4.69) is 12.2 Å². The quantitative estimate of drug-likeness (QED) is 0.592. The van der Waals surface area contributed by atoms with Crippen LogP contribution in [0.15, 0.2) is 47.4 Å². The highest BCUT2D eigenvalue weighted by atomic mass is 32.2. The molecule has 0 aromatic heterocycles. The molecule has 1 aliphatic carbocycles. The number of allylic oxidation sites excluding steroid dienone is 1. The van der Waals surface area contributed by atoms with Gasteiger partial charge in [-0.3, -0.25) is 4.79 Å². The van der Waals surface area contributed by atoms with Crippen LogP contribution in [0, 0.1) is 5.92 Å². The summed E-state index contributed by atoms with van der Waals surface area (Å²) in [7, 11) is 0. The van der Waals surface area contributed by atoms with Crippen molar-refractivity contribution < 1.29 is 9.53 Å². The molecule has 17 heavy (non-hydrogen) atoms. The smallest absolute Gasteiger partial charge is 0.320 e. The van der Waals surface area contributed by atoms with Gasteiger partial charge in [0.15, 0.2) is 0 Å². The van der Waals surface area contributed by atoms with Crippen molar-refractivity contribution >= 4 is 17.7 Å². The third kappa shape index (κ3) is 2.12. The first kappa shape index (κ1) is 10.9. The maximum absolute atomic E-state index is 11.9. The lowest BCUT2D eigenvalue weighted by Crippen LogP contribution is -2.24. The number of carbonyl (C=O) groups excluding carboxylic acids is 1. The highest BCUT2D eigenvalue weighted by Gasteiger charge is 2.44. The molecule has 2 aliphatic rings. The summed E-state index contributed by atoms with van der Waals surface area (Å²) >= 11 is 1.64. The number of carbonyl (C=O) groups is 1. The Morgan fingerprint density at radius 2 is 1.88 bits per heavy atom. The van der Waals surface area contributed by atoms with Gasteiger partial charge in [0, 0.05) is 17.2 Å². The molecule has 0 bridgehead atoms. The van der Waals surface area contributed by atoms with Crippen molar-refractivity contribution in [2.45, 2.75) is 29.1 Å². The molecule has 1 saturated heterocycles. The third-order valence-electron chi connectivity index (χ3n) is 3.32. The van der Waals surface area contributed by atoms with E-state index in [-0.39, 0.29) is 17.3 Å². The second kappa shape index (κ2) is 4.57. The Hall–Kier alpha value is -1.22. The second-order valence-corrected chi connectivity index (χ2v) is 5.65. The van der Waals surface area contributed by atoms with Crippen molar-refractivity contribution in [3.63, 3.8) is 0 Å². The van der Waals surface area contributed by atoms with E-state index in [0.29, 0.717) is 5.92 Å². The van der Waals surface area contributed by atoms with E-state index in [0.717, 1.165) is 17.7 Å². The number of esters is 1. The molecule has 88 valence electrons. The van der Waals surface area contributed by atoms with Gasteiger partial charge in [-0.1, -0.05) is 30.4 Å². The normalized spacial score (nSPS) is 31.1. The van der Waals surface area contributed by atoms with E-state index in [4.69, 9.17) is 4.74 Å². The van der Waals surface area contributed by atoms with Gasteiger partial charge in [-0.05, 0) is 18.6 Å². The third-order valence-corrected chi connectivity index (χ3v) is 4.66. The summed E-state index contributed by atoms with van der Waals surface area (Å²) in [5, 5.41) is -0.0349. The van der Waals surface area contributed by atoms with Crippen molar-refractivity contribution in [2.75, 3.05) is 0 Å². The number of ether oxygens (including phenoxy) is 1. The maximum Gasteiger partial charge on any atom is 0.320 e. The van der Waals surface area contributed by atoms with Gasteiger partial charge in [-0.2, -0.15) is 0 Å². The molecule has 0 spiro atoms. The van der Waals surface area contributed by atoms with Gasteiger partial charge in [-0.25, -0.2) is 0 Å². The standard InChI is InChI=1S/C14H14O2S/c15-14-13(17-10-6-2-1-3-7-10)11-8-4-5-9-12(11)16-14/h1-7,11-13H,8-9H2/t11-,12-,13+/m1/s1. The summed E-state index contributed by atoms with van der Waals surface area (Å²) in [4.78, 5) is 13.0. The van der Waals surface area contributed by atoms with Crippen LogP contribution in [0.5, 0.6) is 0 Å². The predicted molar refractivity (Wildman–Crippen MR) is 67.8 cm³/mol. The lowest BCUT2D eigenvalue weighted by molar-refractivity contribution is -0.141. The lowest BCUT2D eigenvalue weighted by Gasteiger charge is -2.21. The SMILES string of the molecule is O=C1O[C@@H]2CC=CC[C@H]2[C@@H]1Sc1ccccc1. The summed E-state index contributed by atoms with van der Waals surface area (Å²) in [5.41, 5.74) is 0. The minimum Gasteiger partial charge on any atom is -0.461 e. The van der Waals surface area contributed by atoms with Gasteiger partial charge in [0.05, 0.1) is 0 Å². The molecule has 0 saturated carbocycles. The first-order valence-corrected chi connectivity index (χ1v) is 6.80. The Kier molecular flexibility index (Phi) is 2.93. The fraction of sp³-hybridized carbons (Fsp3) is 0.357. The first-order chi connectivity index (χ1) is 8.34. The molecule has 0 N–H and O–H groups in total. The average molecular weight is 246 g/mol. The molecule has 1 heterocycles. The van der Waals surface area contributed by atoms with Crippen LogP contribution >= 0.6 is 11.8 Å². The van der Waals surface area contributed by atoms with Crippen LogP contribution in [-0.2, 0) is 9.53 Å².